The van der Waals surface area contributed by atoms with E-state index in [4.69, 9.17) is 0 Å². The van der Waals surface area contributed by atoms with Crippen LogP contribution in [-0.2, 0) is 0 Å². The van der Waals surface area contributed by atoms with Gasteiger partial charge >= 0.3 is 0 Å². The molecule has 1 aliphatic rings. The summed E-state index contributed by atoms with van der Waals surface area (Å²) in [5.41, 5.74) is 0. The highest BCUT2D eigenvalue weighted by Crippen LogP contribution is 2.38. The van der Waals surface area contributed by atoms with Crippen molar-refractivity contribution in [3.8, 4) is 0 Å². The van der Waals surface area contributed by atoms with Crippen molar-refractivity contribution in [2.24, 2.45) is 17.8 Å². The summed E-state index contributed by atoms with van der Waals surface area (Å²) >= 11 is 2.11. The Kier molecular flexibility index (Phi) is 9.23. The van der Waals surface area contributed by atoms with Crippen LogP contribution in [0, 0.1) is 17.8 Å². The summed E-state index contributed by atoms with van der Waals surface area (Å²) in [6.07, 6.45) is 8.72. The van der Waals surface area contributed by atoms with Gasteiger partial charge in [0.25, 0.3) is 0 Å². The van der Waals surface area contributed by atoms with E-state index in [0.717, 1.165) is 17.8 Å². The maximum atomic E-state index is 3.67. The predicted molar refractivity (Wildman–Crippen MR) is 90.0 cm³/mol. The maximum Gasteiger partial charge on any atom is 0.00104 e. The van der Waals surface area contributed by atoms with Gasteiger partial charge in [-0.3, -0.25) is 0 Å². The third kappa shape index (κ3) is 7.04. The molecule has 0 radical (unpaired) electrons. The highest BCUT2D eigenvalue weighted by Gasteiger charge is 2.29. The molecule has 114 valence electrons. The molecule has 0 aromatic carbocycles. The zero-order valence-electron chi connectivity index (χ0n) is 13.6. The Labute approximate surface area is 125 Å². The number of thioether (sulfide) groups is 1. The second kappa shape index (κ2) is 10.1. The van der Waals surface area contributed by atoms with Gasteiger partial charge < -0.3 is 5.32 Å². The van der Waals surface area contributed by atoms with E-state index in [9.17, 15) is 0 Å². The lowest BCUT2D eigenvalue weighted by molar-refractivity contribution is 0.160. The van der Waals surface area contributed by atoms with E-state index in [-0.39, 0.29) is 0 Å². The molecule has 1 nitrogen and oxygen atoms in total. The molecule has 1 fully saturated rings. The molecule has 0 aromatic rings. The van der Waals surface area contributed by atoms with Crippen LogP contribution in [0.25, 0.3) is 0 Å². The summed E-state index contributed by atoms with van der Waals surface area (Å²) in [4.78, 5) is 0. The zero-order valence-corrected chi connectivity index (χ0v) is 14.4. The molecule has 0 amide bonds. The smallest absolute Gasteiger partial charge is 0.00104 e. The zero-order chi connectivity index (χ0) is 14.1. The fourth-order valence-electron chi connectivity index (χ4n) is 3.40. The van der Waals surface area contributed by atoms with E-state index in [1.165, 1.54) is 56.6 Å². The molecule has 1 aliphatic carbocycles. The van der Waals surface area contributed by atoms with Crippen LogP contribution in [-0.4, -0.2) is 24.1 Å². The van der Waals surface area contributed by atoms with Gasteiger partial charge in [0.1, 0.15) is 0 Å². The van der Waals surface area contributed by atoms with E-state index in [0.29, 0.717) is 6.04 Å². The van der Waals surface area contributed by atoms with Crippen molar-refractivity contribution in [2.75, 3.05) is 18.1 Å². The average molecular weight is 286 g/mol. The van der Waals surface area contributed by atoms with Crippen molar-refractivity contribution in [3.63, 3.8) is 0 Å². The van der Waals surface area contributed by atoms with Crippen molar-refractivity contribution in [1.82, 2.24) is 5.32 Å². The molecule has 2 heteroatoms. The molecule has 1 saturated carbocycles. The summed E-state index contributed by atoms with van der Waals surface area (Å²) in [5.74, 6) is 5.59. The van der Waals surface area contributed by atoms with Gasteiger partial charge in [0, 0.05) is 6.04 Å². The van der Waals surface area contributed by atoms with Crippen molar-refractivity contribution in [3.05, 3.63) is 0 Å². The largest absolute Gasteiger partial charge is 0.314 e. The lowest BCUT2D eigenvalue weighted by atomic mass is 9.71. The predicted octanol–water partition coefficient (Wildman–Crippen LogP) is 4.96. The maximum absolute atomic E-state index is 3.67. The molecule has 0 aromatic heterocycles. The van der Waals surface area contributed by atoms with Gasteiger partial charge in [-0.2, -0.15) is 11.8 Å². The van der Waals surface area contributed by atoms with E-state index >= 15 is 0 Å². The molecule has 0 bridgehead atoms. The topological polar surface area (TPSA) is 12.0 Å². The second-order valence-corrected chi connectivity index (χ2v) is 7.90. The number of nitrogens with one attached hydrogen (secondary N) is 1. The lowest BCUT2D eigenvalue weighted by Gasteiger charge is -2.36. The highest BCUT2D eigenvalue weighted by atomic mass is 32.2. The van der Waals surface area contributed by atoms with E-state index in [1.807, 2.05) is 0 Å². The molecule has 0 spiro atoms. The van der Waals surface area contributed by atoms with Crippen molar-refractivity contribution < 1.29 is 0 Å². The van der Waals surface area contributed by atoms with E-state index < -0.39 is 0 Å². The number of hydrogen-bond acceptors (Lipinski definition) is 2. The minimum absolute atomic E-state index is 0.639. The van der Waals surface area contributed by atoms with Crippen LogP contribution in [0.2, 0.25) is 0 Å². The van der Waals surface area contributed by atoms with Gasteiger partial charge in [-0.1, -0.05) is 40.5 Å². The molecule has 0 aliphatic heterocycles. The molecule has 1 N–H and O–H groups in total. The summed E-state index contributed by atoms with van der Waals surface area (Å²) in [6, 6.07) is 0.639. The van der Waals surface area contributed by atoms with Crippen molar-refractivity contribution in [1.29, 1.82) is 0 Å². The van der Waals surface area contributed by atoms with Gasteiger partial charge in [0.2, 0.25) is 0 Å². The summed E-state index contributed by atoms with van der Waals surface area (Å²) in [6.45, 7) is 10.4. The van der Waals surface area contributed by atoms with E-state index in [2.05, 4.69) is 44.8 Å². The van der Waals surface area contributed by atoms with Gasteiger partial charge in [0.05, 0.1) is 0 Å². The Morgan fingerprint density at radius 2 is 1.95 bits per heavy atom. The molecule has 0 saturated heterocycles. The van der Waals surface area contributed by atoms with Crippen molar-refractivity contribution in [2.45, 2.75) is 72.3 Å². The molecular weight excluding hydrogens is 250 g/mol. The third-order valence-corrected chi connectivity index (χ3v) is 5.67. The van der Waals surface area contributed by atoms with Gasteiger partial charge in [-0.15, -0.1) is 0 Å². The summed E-state index contributed by atoms with van der Waals surface area (Å²) in [7, 11) is 0. The molecule has 3 atom stereocenters. The highest BCUT2D eigenvalue weighted by molar-refractivity contribution is 7.99. The third-order valence-electron chi connectivity index (χ3n) is 4.68. The summed E-state index contributed by atoms with van der Waals surface area (Å²) < 4.78 is 0. The standard InChI is InChI=1S/C17H35NS/c1-5-15-9-10-17(13-18-14(3)4)16(12-15)8-7-11-19-6-2/h14-18H,5-13H2,1-4H3. The quantitative estimate of drug-likeness (QED) is 0.601. The van der Waals surface area contributed by atoms with Gasteiger partial charge in [-0.25, -0.2) is 0 Å². The first-order valence-electron chi connectivity index (χ1n) is 8.48. The Bertz CT molecular complexity index is 217. The molecular formula is C17H35NS. The molecule has 0 heterocycles. The molecule has 3 unspecified atom stereocenters. The minimum atomic E-state index is 0.639. The van der Waals surface area contributed by atoms with E-state index in [1.54, 1.807) is 0 Å². The van der Waals surface area contributed by atoms with Crippen LogP contribution < -0.4 is 5.32 Å². The van der Waals surface area contributed by atoms with Crippen LogP contribution in [0.4, 0.5) is 0 Å². The first kappa shape index (κ1) is 17.4. The Morgan fingerprint density at radius 1 is 1.16 bits per heavy atom. The Balaban J connectivity index is 2.36. The molecule has 1 rings (SSSR count). The minimum Gasteiger partial charge on any atom is -0.314 e. The lowest BCUT2D eigenvalue weighted by Crippen LogP contribution is -2.36. The van der Waals surface area contributed by atoms with Crippen LogP contribution in [0.1, 0.15) is 66.2 Å². The second-order valence-electron chi connectivity index (χ2n) is 6.51. The monoisotopic (exact) mass is 285 g/mol. The average Bonchev–Trinajstić information content (AvgIpc) is 2.41. The van der Waals surface area contributed by atoms with Gasteiger partial charge in [-0.05, 0) is 61.5 Å². The molecule has 19 heavy (non-hydrogen) atoms. The van der Waals surface area contributed by atoms with Crippen LogP contribution in [0.5, 0.6) is 0 Å². The fraction of sp³-hybridized carbons (Fsp3) is 1.00. The van der Waals surface area contributed by atoms with Crippen LogP contribution in [0.3, 0.4) is 0 Å². The first-order chi connectivity index (χ1) is 9.17. The van der Waals surface area contributed by atoms with Crippen LogP contribution in [0.15, 0.2) is 0 Å². The number of hydrogen-bond donors (Lipinski definition) is 1. The SMILES string of the molecule is CCSCCCC1CC(CC)CCC1CNC(C)C. The first-order valence-corrected chi connectivity index (χ1v) is 9.63. The normalized spacial score (nSPS) is 27.9. The Morgan fingerprint density at radius 3 is 2.58 bits per heavy atom. The Hall–Kier alpha value is 0.310. The van der Waals surface area contributed by atoms with Gasteiger partial charge in [0.15, 0.2) is 0 Å². The fourth-order valence-corrected chi connectivity index (χ4v) is 4.06. The van der Waals surface area contributed by atoms with Crippen molar-refractivity contribution >= 4 is 11.8 Å². The summed E-state index contributed by atoms with van der Waals surface area (Å²) in [5, 5.41) is 3.67. The van der Waals surface area contributed by atoms with Crippen LogP contribution >= 0.6 is 11.8 Å². The number of rotatable bonds is 9.